The number of carbonyl (C=O) groups excluding carboxylic acids is 2. The van der Waals surface area contributed by atoms with Gasteiger partial charge in [0.05, 0.1) is 5.92 Å². The molecular weight excluding hydrogens is 344 g/mol. The molecule has 0 spiro atoms. The molecule has 0 N–H and O–H groups in total. The van der Waals surface area contributed by atoms with Crippen LogP contribution in [0.3, 0.4) is 0 Å². The quantitative estimate of drug-likeness (QED) is 0.461. The Hall–Kier alpha value is -1.69. The van der Waals surface area contributed by atoms with Gasteiger partial charge in [-0.2, -0.15) is 0 Å². The minimum Gasteiger partial charge on any atom is -0.543 e. The molecule has 1 aliphatic heterocycles. The Labute approximate surface area is 162 Å². The summed E-state index contributed by atoms with van der Waals surface area (Å²) in [4.78, 5) is 26.6. The molecular formula is C21H29BFNO3. The number of likely N-dealkylation sites (tertiary alicyclic amines) is 1. The van der Waals surface area contributed by atoms with Gasteiger partial charge < -0.3 is 9.55 Å². The molecule has 1 fully saturated rings. The Bertz CT molecular complexity index is 600. The summed E-state index contributed by atoms with van der Waals surface area (Å²) >= 11 is 0. The minimum absolute atomic E-state index is 0.0104. The molecule has 1 aromatic carbocycles. The maximum atomic E-state index is 13.0. The molecule has 1 atom stereocenters. The fourth-order valence-corrected chi connectivity index (χ4v) is 3.76. The van der Waals surface area contributed by atoms with Crippen molar-refractivity contribution in [3.63, 3.8) is 0 Å². The van der Waals surface area contributed by atoms with Crippen LogP contribution >= 0.6 is 0 Å². The van der Waals surface area contributed by atoms with Gasteiger partial charge in [-0.3, -0.25) is 9.59 Å². The van der Waals surface area contributed by atoms with Crippen molar-refractivity contribution in [2.24, 2.45) is 11.8 Å². The zero-order valence-electron chi connectivity index (χ0n) is 16.2. The molecule has 0 saturated carbocycles. The number of benzene rings is 1. The van der Waals surface area contributed by atoms with Crippen molar-refractivity contribution >= 4 is 19.8 Å². The number of ketones is 1. The highest BCUT2D eigenvalue weighted by Gasteiger charge is 2.26. The summed E-state index contributed by atoms with van der Waals surface area (Å²) in [5.41, 5.74) is 0.592. The van der Waals surface area contributed by atoms with Crippen LogP contribution in [0, 0.1) is 17.7 Å². The van der Waals surface area contributed by atoms with Gasteiger partial charge in [0, 0.05) is 11.5 Å². The third kappa shape index (κ3) is 6.76. The summed E-state index contributed by atoms with van der Waals surface area (Å²) in [6, 6.07) is 5.81. The highest BCUT2D eigenvalue weighted by Crippen LogP contribution is 2.23. The van der Waals surface area contributed by atoms with E-state index in [0.717, 1.165) is 64.6 Å². The number of hydrogen-bond acceptors (Lipinski definition) is 4. The lowest BCUT2D eigenvalue weighted by atomic mass is 9.88. The molecule has 27 heavy (non-hydrogen) atoms. The second kappa shape index (κ2) is 11.2. The van der Waals surface area contributed by atoms with Gasteiger partial charge in [0.2, 0.25) is 0 Å². The number of Topliss-reactive ketones (excluding diaryl/α,β-unsaturated/α-hetero) is 1. The van der Waals surface area contributed by atoms with E-state index in [-0.39, 0.29) is 29.4 Å². The Morgan fingerprint density at radius 1 is 1.19 bits per heavy atom. The summed E-state index contributed by atoms with van der Waals surface area (Å²) in [6.07, 6.45) is 6.20. The van der Waals surface area contributed by atoms with Crippen LogP contribution in [0.4, 0.5) is 4.39 Å². The second-order valence-electron chi connectivity index (χ2n) is 7.41. The standard InChI is InChI=1S/C21H29BFNO3/c1-2-3-5-18(21(26)27-22)6-4-13-24-14-11-17(12-15-24)20(25)16-7-9-19(23)10-8-16/h7-10,17-18H,2-6,11-15H2,1H3. The molecule has 2 rings (SSSR count). The van der Waals surface area contributed by atoms with Gasteiger partial charge in [-0.25, -0.2) is 4.39 Å². The van der Waals surface area contributed by atoms with Crippen LogP contribution in [0.2, 0.25) is 0 Å². The van der Waals surface area contributed by atoms with Crippen LogP contribution in [0.25, 0.3) is 0 Å². The number of carbonyl (C=O) groups is 2. The largest absolute Gasteiger partial charge is 0.543 e. The van der Waals surface area contributed by atoms with Crippen molar-refractivity contribution in [2.75, 3.05) is 19.6 Å². The van der Waals surface area contributed by atoms with E-state index in [1.54, 1.807) is 12.1 Å². The number of nitrogens with zero attached hydrogens (tertiary/aromatic N) is 1. The monoisotopic (exact) mass is 373 g/mol. The Morgan fingerprint density at radius 3 is 2.41 bits per heavy atom. The first-order valence-corrected chi connectivity index (χ1v) is 9.97. The lowest BCUT2D eigenvalue weighted by Gasteiger charge is -2.31. The Kier molecular flexibility index (Phi) is 8.99. The maximum absolute atomic E-state index is 13.0. The summed E-state index contributed by atoms with van der Waals surface area (Å²) in [7, 11) is 5.05. The average molecular weight is 373 g/mol. The van der Waals surface area contributed by atoms with E-state index >= 15 is 0 Å². The molecule has 1 heterocycles. The molecule has 0 amide bonds. The van der Waals surface area contributed by atoms with Crippen molar-refractivity contribution in [3.8, 4) is 0 Å². The third-order valence-corrected chi connectivity index (χ3v) is 5.47. The van der Waals surface area contributed by atoms with Gasteiger partial charge in [-0.05, 0) is 76.0 Å². The van der Waals surface area contributed by atoms with Crippen molar-refractivity contribution in [3.05, 3.63) is 35.6 Å². The zero-order valence-corrected chi connectivity index (χ0v) is 16.2. The van der Waals surface area contributed by atoms with Crippen molar-refractivity contribution < 1.29 is 18.6 Å². The molecule has 0 aromatic heterocycles. The van der Waals surface area contributed by atoms with E-state index in [0.29, 0.717) is 5.56 Å². The topological polar surface area (TPSA) is 46.6 Å². The molecule has 2 radical (unpaired) electrons. The Balaban J connectivity index is 1.73. The average Bonchev–Trinajstić information content (AvgIpc) is 2.70. The highest BCUT2D eigenvalue weighted by atomic mass is 19.1. The molecule has 0 aliphatic carbocycles. The summed E-state index contributed by atoms with van der Waals surface area (Å²) in [5.74, 6) is -0.632. The van der Waals surface area contributed by atoms with Crippen molar-refractivity contribution in [2.45, 2.75) is 51.9 Å². The van der Waals surface area contributed by atoms with Crippen molar-refractivity contribution in [1.82, 2.24) is 4.90 Å². The predicted molar refractivity (Wildman–Crippen MR) is 104 cm³/mol. The van der Waals surface area contributed by atoms with Gasteiger partial charge in [0.1, 0.15) is 5.82 Å². The van der Waals surface area contributed by atoms with Gasteiger partial charge in [-0.1, -0.05) is 19.8 Å². The van der Waals surface area contributed by atoms with E-state index in [2.05, 4.69) is 16.5 Å². The van der Waals surface area contributed by atoms with Crippen LogP contribution in [0.5, 0.6) is 0 Å². The van der Waals surface area contributed by atoms with Gasteiger partial charge in [0.15, 0.2) is 5.78 Å². The van der Waals surface area contributed by atoms with Crippen LogP contribution in [-0.4, -0.2) is 44.3 Å². The molecule has 4 nitrogen and oxygen atoms in total. The summed E-state index contributed by atoms with van der Waals surface area (Å²) in [6.45, 7) is 4.76. The molecule has 1 aromatic rings. The molecule has 0 bridgehead atoms. The minimum atomic E-state index is -0.322. The smallest absolute Gasteiger partial charge is 0.378 e. The van der Waals surface area contributed by atoms with Crippen LogP contribution in [0.15, 0.2) is 24.3 Å². The Morgan fingerprint density at radius 2 is 1.81 bits per heavy atom. The van der Waals surface area contributed by atoms with E-state index in [9.17, 15) is 14.0 Å². The zero-order chi connectivity index (χ0) is 19.6. The van der Waals surface area contributed by atoms with Crippen LogP contribution in [-0.2, 0) is 9.45 Å². The van der Waals surface area contributed by atoms with Gasteiger partial charge in [-0.15, -0.1) is 0 Å². The maximum Gasteiger partial charge on any atom is 0.378 e. The van der Waals surface area contributed by atoms with Crippen LogP contribution in [0.1, 0.15) is 62.2 Å². The van der Waals surface area contributed by atoms with Gasteiger partial charge >= 0.3 is 8.05 Å². The first-order chi connectivity index (χ1) is 13.0. The van der Waals surface area contributed by atoms with E-state index < -0.39 is 0 Å². The molecule has 146 valence electrons. The normalized spacial score (nSPS) is 16.8. The number of unbranched alkanes of at least 4 members (excludes halogenated alkanes) is 1. The lowest BCUT2D eigenvalue weighted by molar-refractivity contribution is -0.139. The van der Waals surface area contributed by atoms with E-state index in [1.165, 1.54) is 12.1 Å². The molecule has 1 aliphatic rings. The number of hydrogen-bond donors (Lipinski definition) is 0. The van der Waals surface area contributed by atoms with Gasteiger partial charge in [0.25, 0.3) is 5.97 Å². The third-order valence-electron chi connectivity index (χ3n) is 5.47. The molecule has 1 saturated heterocycles. The lowest BCUT2D eigenvalue weighted by Crippen LogP contribution is -2.37. The predicted octanol–water partition coefficient (Wildman–Crippen LogP) is 3.93. The summed E-state index contributed by atoms with van der Waals surface area (Å²) < 4.78 is 17.4. The van der Waals surface area contributed by atoms with E-state index in [4.69, 9.17) is 8.05 Å². The fourth-order valence-electron chi connectivity index (χ4n) is 3.76. The first-order valence-electron chi connectivity index (χ1n) is 9.97. The van der Waals surface area contributed by atoms with Crippen LogP contribution < -0.4 is 0 Å². The number of rotatable bonds is 10. The fraction of sp³-hybridized carbons (Fsp3) is 0.619. The highest BCUT2D eigenvalue weighted by molar-refractivity contribution is 6.05. The van der Waals surface area contributed by atoms with E-state index in [1.807, 2.05) is 0 Å². The van der Waals surface area contributed by atoms with Crippen molar-refractivity contribution in [1.29, 1.82) is 0 Å². The second-order valence-corrected chi connectivity index (χ2v) is 7.41. The summed E-state index contributed by atoms with van der Waals surface area (Å²) in [5, 5.41) is 0. The first kappa shape index (κ1) is 21.6. The molecule has 1 unspecified atom stereocenters. The SMILES string of the molecule is [B]OC(=O)C(CCCC)CCCN1CCC(C(=O)c2ccc(F)cc2)CC1. The number of piperidine rings is 1. The number of halogens is 1. The molecule has 6 heteroatoms.